The Kier molecular flexibility index (Phi) is 1.37. The van der Waals surface area contributed by atoms with E-state index in [2.05, 4.69) is 46.4 Å². The van der Waals surface area contributed by atoms with E-state index in [-0.39, 0.29) is 0 Å². The molecule has 0 saturated heterocycles. The molecule has 3 heterocycles. The highest BCUT2D eigenvalue weighted by Crippen LogP contribution is 2.21. The van der Waals surface area contributed by atoms with Gasteiger partial charge in [-0.05, 0) is 17.5 Å². The third-order valence-electron chi connectivity index (χ3n) is 2.25. The Hall–Kier alpha value is -1.41. The predicted octanol–water partition coefficient (Wildman–Crippen LogP) is 2.64. The number of fused-ring (bicyclic) bond motifs is 3. The Morgan fingerprint density at radius 2 is 2.00 bits per heavy atom. The van der Waals surface area contributed by atoms with Crippen molar-refractivity contribution in [2.75, 3.05) is 0 Å². The fraction of sp³-hybridized carbons (Fsp3) is 0. The third-order valence-corrected chi connectivity index (χ3v) is 3.13. The van der Waals surface area contributed by atoms with Gasteiger partial charge in [0.2, 0.25) is 5.52 Å². The van der Waals surface area contributed by atoms with Crippen LogP contribution in [0.25, 0.3) is 15.6 Å². The van der Waals surface area contributed by atoms with E-state index < -0.39 is 0 Å². The molecule has 3 rings (SSSR count). The Morgan fingerprint density at radius 1 is 1.00 bits per heavy atom. The Bertz CT molecular complexity index is 568. The van der Waals surface area contributed by atoms with Crippen LogP contribution in [0.3, 0.4) is 0 Å². The first-order valence-corrected chi connectivity index (χ1v) is 5.09. The molecular formula is C11H8NS+. The van der Waals surface area contributed by atoms with E-state index in [4.69, 9.17) is 0 Å². The van der Waals surface area contributed by atoms with E-state index in [0.29, 0.717) is 0 Å². The van der Waals surface area contributed by atoms with E-state index in [1.165, 1.54) is 15.6 Å². The van der Waals surface area contributed by atoms with Crippen molar-refractivity contribution in [1.29, 1.82) is 0 Å². The smallest absolute Gasteiger partial charge is 0.167 e. The Labute approximate surface area is 79.9 Å². The number of hydrogen-bond donors (Lipinski definition) is 0. The molecular weight excluding hydrogens is 178 g/mol. The standard InChI is InChI=1S/C11H8NS/c1-2-6-12-7-4-11-9(5-8-13-11)10(12)3-1/h1-8H/q+1. The second-order valence-electron chi connectivity index (χ2n) is 3.01. The molecule has 0 fully saturated rings. The maximum absolute atomic E-state index is 2.18. The van der Waals surface area contributed by atoms with Gasteiger partial charge in [-0.2, -0.15) is 4.40 Å². The number of pyridine rings is 2. The molecule has 13 heavy (non-hydrogen) atoms. The number of aromatic nitrogens is 1. The minimum Gasteiger partial charge on any atom is -0.167 e. The van der Waals surface area contributed by atoms with Crippen LogP contribution in [-0.4, -0.2) is 0 Å². The fourth-order valence-electron chi connectivity index (χ4n) is 1.62. The van der Waals surface area contributed by atoms with Crippen molar-refractivity contribution in [1.82, 2.24) is 0 Å². The molecule has 0 bridgehead atoms. The van der Waals surface area contributed by atoms with Crippen LogP contribution in [0.5, 0.6) is 0 Å². The summed E-state index contributed by atoms with van der Waals surface area (Å²) in [5.41, 5.74) is 1.28. The highest BCUT2D eigenvalue weighted by Gasteiger charge is 2.05. The van der Waals surface area contributed by atoms with Gasteiger partial charge in [-0.25, -0.2) is 0 Å². The molecule has 2 heteroatoms. The van der Waals surface area contributed by atoms with E-state index in [1.54, 1.807) is 11.3 Å². The fourth-order valence-corrected chi connectivity index (χ4v) is 2.41. The lowest BCUT2D eigenvalue weighted by molar-refractivity contribution is -0.510. The summed E-state index contributed by atoms with van der Waals surface area (Å²) in [6, 6.07) is 10.6. The summed E-state index contributed by atoms with van der Waals surface area (Å²) in [6.07, 6.45) is 4.18. The van der Waals surface area contributed by atoms with Crippen molar-refractivity contribution in [3.05, 3.63) is 48.1 Å². The largest absolute Gasteiger partial charge is 0.219 e. The van der Waals surface area contributed by atoms with Gasteiger partial charge in [0.1, 0.15) is 0 Å². The molecule has 0 radical (unpaired) electrons. The second-order valence-corrected chi connectivity index (χ2v) is 3.96. The van der Waals surface area contributed by atoms with E-state index in [1.807, 2.05) is 6.07 Å². The molecule has 0 amide bonds. The molecule has 0 aromatic carbocycles. The normalized spacial score (nSPS) is 11.1. The molecule has 1 nitrogen and oxygen atoms in total. The van der Waals surface area contributed by atoms with Crippen LogP contribution in [0.1, 0.15) is 0 Å². The minimum atomic E-state index is 1.28. The van der Waals surface area contributed by atoms with Gasteiger partial charge in [0.05, 0.1) is 5.39 Å². The molecule has 0 aliphatic carbocycles. The topological polar surface area (TPSA) is 4.10 Å². The van der Waals surface area contributed by atoms with Crippen molar-refractivity contribution < 1.29 is 4.40 Å². The van der Waals surface area contributed by atoms with Crippen molar-refractivity contribution in [3.8, 4) is 0 Å². The first kappa shape index (κ1) is 7.04. The van der Waals surface area contributed by atoms with Crippen LogP contribution in [0.15, 0.2) is 48.1 Å². The molecule has 0 unspecified atom stereocenters. The van der Waals surface area contributed by atoms with Gasteiger partial charge in [-0.15, -0.1) is 11.3 Å². The SMILES string of the molecule is c1cc[n+]2ccc3sccc3c2c1. The summed E-state index contributed by atoms with van der Waals surface area (Å²) in [4.78, 5) is 0. The zero-order chi connectivity index (χ0) is 8.67. The quantitative estimate of drug-likeness (QED) is 0.475. The summed E-state index contributed by atoms with van der Waals surface area (Å²) >= 11 is 1.79. The van der Waals surface area contributed by atoms with Crippen molar-refractivity contribution >= 4 is 26.9 Å². The molecule has 0 atom stereocenters. The first-order valence-electron chi connectivity index (χ1n) is 4.21. The zero-order valence-corrected chi connectivity index (χ0v) is 7.79. The van der Waals surface area contributed by atoms with Crippen LogP contribution < -0.4 is 4.40 Å². The van der Waals surface area contributed by atoms with Gasteiger partial charge in [-0.1, -0.05) is 0 Å². The van der Waals surface area contributed by atoms with Gasteiger partial charge >= 0.3 is 0 Å². The highest BCUT2D eigenvalue weighted by atomic mass is 32.1. The molecule has 0 spiro atoms. The minimum absolute atomic E-state index is 1.28. The maximum atomic E-state index is 2.18. The molecule has 0 N–H and O–H groups in total. The lowest BCUT2D eigenvalue weighted by atomic mass is 10.2. The van der Waals surface area contributed by atoms with E-state index in [0.717, 1.165) is 0 Å². The van der Waals surface area contributed by atoms with Gasteiger partial charge < -0.3 is 0 Å². The zero-order valence-electron chi connectivity index (χ0n) is 6.97. The van der Waals surface area contributed by atoms with Crippen LogP contribution in [0.2, 0.25) is 0 Å². The average Bonchev–Trinajstić information content (AvgIpc) is 2.65. The summed E-state index contributed by atoms with van der Waals surface area (Å²) in [5.74, 6) is 0. The van der Waals surface area contributed by atoms with Crippen LogP contribution in [0, 0.1) is 0 Å². The van der Waals surface area contributed by atoms with E-state index in [9.17, 15) is 0 Å². The Morgan fingerprint density at radius 3 is 3.00 bits per heavy atom. The van der Waals surface area contributed by atoms with Crippen LogP contribution in [-0.2, 0) is 0 Å². The van der Waals surface area contributed by atoms with Gasteiger partial charge in [-0.3, -0.25) is 0 Å². The predicted molar refractivity (Wildman–Crippen MR) is 55.0 cm³/mol. The first-order chi connectivity index (χ1) is 6.45. The number of hydrogen-bond acceptors (Lipinski definition) is 1. The lowest BCUT2D eigenvalue weighted by Crippen LogP contribution is -2.19. The summed E-state index contributed by atoms with van der Waals surface area (Å²) in [7, 11) is 0. The molecule has 0 saturated carbocycles. The third kappa shape index (κ3) is 0.956. The lowest BCUT2D eigenvalue weighted by Gasteiger charge is -1.90. The molecule has 0 aliphatic heterocycles. The summed E-state index contributed by atoms with van der Waals surface area (Å²) in [6.45, 7) is 0. The number of nitrogens with zero attached hydrogens (tertiary/aromatic N) is 1. The molecule has 3 aromatic rings. The van der Waals surface area contributed by atoms with E-state index >= 15 is 0 Å². The van der Waals surface area contributed by atoms with Crippen LogP contribution >= 0.6 is 11.3 Å². The van der Waals surface area contributed by atoms with Crippen molar-refractivity contribution in [3.63, 3.8) is 0 Å². The van der Waals surface area contributed by atoms with Crippen LogP contribution in [0.4, 0.5) is 0 Å². The van der Waals surface area contributed by atoms with Gasteiger partial charge in [0.15, 0.2) is 12.4 Å². The number of rotatable bonds is 0. The molecule has 3 aromatic heterocycles. The maximum Gasteiger partial charge on any atom is 0.219 e. The molecule has 62 valence electrons. The van der Waals surface area contributed by atoms with Crippen molar-refractivity contribution in [2.24, 2.45) is 0 Å². The second kappa shape index (κ2) is 2.54. The van der Waals surface area contributed by atoms with Gasteiger partial charge in [0.25, 0.3) is 0 Å². The molecule has 0 aliphatic rings. The number of thiophene rings is 1. The Balaban J connectivity index is 2.65. The van der Waals surface area contributed by atoms with Gasteiger partial charge in [0, 0.05) is 22.9 Å². The highest BCUT2D eigenvalue weighted by molar-refractivity contribution is 7.17. The summed E-state index contributed by atoms with van der Waals surface area (Å²) in [5, 5.41) is 3.48. The average molecular weight is 186 g/mol. The van der Waals surface area contributed by atoms with Crippen molar-refractivity contribution in [2.45, 2.75) is 0 Å². The summed E-state index contributed by atoms with van der Waals surface area (Å²) < 4.78 is 3.50. The monoisotopic (exact) mass is 186 g/mol.